The van der Waals surface area contributed by atoms with Crippen LogP contribution in [0.4, 0.5) is 0 Å². The molecule has 80 valence electrons. The van der Waals surface area contributed by atoms with E-state index in [-0.39, 0.29) is 6.42 Å². The first-order valence-electron chi connectivity index (χ1n) is 4.21. The van der Waals surface area contributed by atoms with Crippen molar-refractivity contribution >= 4 is 17.8 Å². The summed E-state index contributed by atoms with van der Waals surface area (Å²) in [5, 5.41) is 19.1. The molecule has 0 saturated heterocycles. The van der Waals surface area contributed by atoms with E-state index in [4.69, 9.17) is 10.2 Å². The second-order valence-corrected chi connectivity index (χ2v) is 2.81. The van der Waals surface area contributed by atoms with Crippen LogP contribution in [0.3, 0.4) is 0 Å². The van der Waals surface area contributed by atoms with Gasteiger partial charge in [-0.1, -0.05) is 6.92 Å². The number of rotatable bonds is 6. The minimum absolute atomic E-state index is 0.198. The predicted octanol–water partition coefficient (Wildman–Crippen LogP) is -0.169. The zero-order valence-corrected chi connectivity index (χ0v) is 7.82. The fourth-order valence-corrected chi connectivity index (χ4v) is 0.868. The van der Waals surface area contributed by atoms with Crippen LogP contribution in [-0.4, -0.2) is 34.1 Å². The van der Waals surface area contributed by atoms with Gasteiger partial charge in [0.05, 0.1) is 6.42 Å². The van der Waals surface area contributed by atoms with Crippen molar-refractivity contribution in [1.82, 2.24) is 5.32 Å². The average molecular weight is 203 g/mol. The molecule has 0 aromatic heterocycles. The Kier molecular flexibility index (Phi) is 5.28. The summed E-state index contributed by atoms with van der Waals surface area (Å²) in [5.74, 6) is -3.03. The summed E-state index contributed by atoms with van der Waals surface area (Å²) in [6.07, 6.45) is 0.180. The molecule has 0 aliphatic heterocycles. The minimum atomic E-state index is -1.34. The molecule has 6 nitrogen and oxygen atoms in total. The van der Waals surface area contributed by atoms with E-state index in [0.29, 0.717) is 6.42 Å². The average Bonchev–Trinajstić information content (AvgIpc) is 2.02. The summed E-state index contributed by atoms with van der Waals surface area (Å²) in [6, 6.07) is -1.34. The molecule has 0 aliphatic rings. The lowest BCUT2D eigenvalue weighted by molar-refractivity contribution is -0.147. The topological polar surface area (TPSA) is 104 Å². The van der Waals surface area contributed by atoms with Gasteiger partial charge in [-0.3, -0.25) is 9.59 Å². The zero-order valence-electron chi connectivity index (χ0n) is 7.82. The molecule has 3 N–H and O–H groups in total. The molecule has 1 unspecified atom stereocenters. The smallest absolute Gasteiger partial charge is 0.326 e. The number of hydrogen-bond acceptors (Lipinski definition) is 3. The van der Waals surface area contributed by atoms with Gasteiger partial charge in [-0.05, 0) is 6.42 Å². The number of aliphatic carboxylic acids is 2. The van der Waals surface area contributed by atoms with Gasteiger partial charge in [0.1, 0.15) is 6.04 Å². The van der Waals surface area contributed by atoms with E-state index < -0.39 is 30.3 Å². The Bertz CT molecular complexity index is 238. The van der Waals surface area contributed by atoms with Crippen molar-refractivity contribution < 1.29 is 24.6 Å². The third-order valence-corrected chi connectivity index (χ3v) is 1.49. The fourth-order valence-electron chi connectivity index (χ4n) is 0.868. The van der Waals surface area contributed by atoms with E-state index in [1.165, 1.54) is 0 Å². The molecule has 0 radical (unpaired) electrons. The molecule has 6 heteroatoms. The van der Waals surface area contributed by atoms with Crippen LogP contribution in [0.5, 0.6) is 0 Å². The van der Waals surface area contributed by atoms with E-state index in [1.54, 1.807) is 6.92 Å². The Balaban J connectivity index is 4.16. The first kappa shape index (κ1) is 12.4. The van der Waals surface area contributed by atoms with E-state index in [2.05, 4.69) is 5.32 Å². The number of hydrogen-bond donors (Lipinski definition) is 3. The molecule has 1 amide bonds. The van der Waals surface area contributed by atoms with Crippen molar-refractivity contribution in [3.63, 3.8) is 0 Å². The SMILES string of the molecule is CCCC(=O)NC(CC(=O)O)C(=O)O. The van der Waals surface area contributed by atoms with Gasteiger partial charge < -0.3 is 15.5 Å². The lowest BCUT2D eigenvalue weighted by Crippen LogP contribution is -2.42. The van der Waals surface area contributed by atoms with Crippen molar-refractivity contribution in [2.75, 3.05) is 0 Å². The summed E-state index contributed by atoms with van der Waals surface area (Å²) in [7, 11) is 0. The Morgan fingerprint density at radius 2 is 1.86 bits per heavy atom. The minimum Gasteiger partial charge on any atom is -0.481 e. The molecular weight excluding hydrogens is 190 g/mol. The summed E-state index contributed by atoms with van der Waals surface area (Å²) < 4.78 is 0. The predicted molar refractivity (Wildman–Crippen MR) is 46.7 cm³/mol. The van der Waals surface area contributed by atoms with Crippen molar-refractivity contribution in [3.05, 3.63) is 0 Å². The number of carboxylic acids is 2. The molecule has 1 atom stereocenters. The number of carbonyl (C=O) groups excluding carboxylic acids is 1. The Hall–Kier alpha value is -1.59. The van der Waals surface area contributed by atoms with Crippen molar-refractivity contribution in [2.45, 2.75) is 32.2 Å². The Morgan fingerprint density at radius 3 is 2.21 bits per heavy atom. The lowest BCUT2D eigenvalue weighted by atomic mass is 10.2. The molecule has 14 heavy (non-hydrogen) atoms. The normalized spacial score (nSPS) is 11.8. The number of carbonyl (C=O) groups is 3. The molecule has 0 spiro atoms. The quantitative estimate of drug-likeness (QED) is 0.556. The van der Waals surface area contributed by atoms with Crippen LogP contribution in [0, 0.1) is 0 Å². The highest BCUT2D eigenvalue weighted by atomic mass is 16.4. The summed E-state index contributed by atoms with van der Waals surface area (Å²) in [4.78, 5) is 31.7. The van der Waals surface area contributed by atoms with Gasteiger partial charge in [0.2, 0.25) is 5.91 Å². The molecule has 0 rings (SSSR count). The van der Waals surface area contributed by atoms with Crippen molar-refractivity contribution in [3.8, 4) is 0 Å². The maximum Gasteiger partial charge on any atom is 0.326 e. The monoisotopic (exact) mass is 203 g/mol. The Morgan fingerprint density at radius 1 is 1.29 bits per heavy atom. The van der Waals surface area contributed by atoms with E-state index in [9.17, 15) is 14.4 Å². The third kappa shape index (κ3) is 5.13. The molecule has 0 aromatic rings. The van der Waals surface area contributed by atoms with E-state index >= 15 is 0 Å². The largest absolute Gasteiger partial charge is 0.481 e. The third-order valence-electron chi connectivity index (χ3n) is 1.49. The maximum absolute atomic E-state index is 11.0. The van der Waals surface area contributed by atoms with Crippen LogP contribution in [0.2, 0.25) is 0 Å². The van der Waals surface area contributed by atoms with Crippen molar-refractivity contribution in [1.29, 1.82) is 0 Å². The van der Waals surface area contributed by atoms with Crippen LogP contribution in [0.25, 0.3) is 0 Å². The van der Waals surface area contributed by atoms with Crippen LogP contribution < -0.4 is 5.32 Å². The number of nitrogens with one attached hydrogen (secondary N) is 1. The first-order chi connectivity index (χ1) is 6.47. The summed E-state index contributed by atoms with van der Waals surface area (Å²) >= 11 is 0. The van der Waals surface area contributed by atoms with Gasteiger partial charge in [0, 0.05) is 6.42 Å². The molecule has 0 aromatic carbocycles. The van der Waals surface area contributed by atoms with Crippen LogP contribution in [0.1, 0.15) is 26.2 Å². The number of carboxylic acid groups (broad SMARTS) is 2. The second-order valence-electron chi connectivity index (χ2n) is 2.81. The molecular formula is C8H13NO5. The van der Waals surface area contributed by atoms with Crippen LogP contribution in [0.15, 0.2) is 0 Å². The van der Waals surface area contributed by atoms with Crippen LogP contribution in [-0.2, 0) is 14.4 Å². The summed E-state index contributed by atoms with van der Waals surface area (Å²) in [5.41, 5.74) is 0. The van der Waals surface area contributed by atoms with Gasteiger partial charge in [-0.15, -0.1) is 0 Å². The van der Waals surface area contributed by atoms with E-state index in [0.717, 1.165) is 0 Å². The maximum atomic E-state index is 11.0. The van der Waals surface area contributed by atoms with Gasteiger partial charge in [-0.2, -0.15) is 0 Å². The second kappa shape index (κ2) is 5.95. The van der Waals surface area contributed by atoms with Gasteiger partial charge in [-0.25, -0.2) is 4.79 Å². The molecule has 0 bridgehead atoms. The van der Waals surface area contributed by atoms with Crippen molar-refractivity contribution in [2.24, 2.45) is 0 Å². The molecule has 0 fully saturated rings. The van der Waals surface area contributed by atoms with Gasteiger partial charge in [0.15, 0.2) is 0 Å². The Labute approximate surface area is 80.9 Å². The fraction of sp³-hybridized carbons (Fsp3) is 0.625. The van der Waals surface area contributed by atoms with E-state index in [1.807, 2.05) is 0 Å². The first-order valence-corrected chi connectivity index (χ1v) is 4.21. The number of amides is 1. The van der Waals surface area contributed by atoms with Gasteiger partial charge >= 0.3 is 11.9 Å². The standard InChI is InChI=1S/C8H13NO5/c1-2-3-6(10)9-5(8(13)14)4-7(11)12/h5H,2-4H2,1H3,(H,9,10)(H,11,12)(H,13,14). The molecule has 0 heterocycles. The summed E-state index contributed by atoms with van der Waals surface area (Å²) in [6.45, 7) is 1.77. The zero-order chi connectivity index (χ0) is 11.1. The van der Waals surface area contributed by atoms with Crippen LogP contribution >= 0.6 is 0 Å². The highest BCUT2D eigenvalue weighted by Crippen LogP contribution is 1.95. The van der Waals surface area contributed by atoms with Gasteiger partial charge in [0.25, 0.3) is 0 Å². The highest BCUT2D eigenvalue weighted by molar-refractivity contribution is 5.86. The highest BCUT2D eigenvalue weighted by Gasteiger charge is 2.22. The lowest BCUT2D eigenvalue weighted by Gasteiger charge is -2.11. The molecule has 0 aliphatic carbocycles. The molecule has 0 saturated carbocycles.